The number of aliphatic imine (C=N–C) groups is 1. The average molecular weight is 199 g/mol. The van der Waals surface area contributed by atoms with Crippen LogP contribution in [0.15, 0.2) is 23.2 Å². The van der Waals surface area contributed by atoms with Crippen molar-refractivity contribution in [2.45, 2.75) is 6.29 Å². The Labute approximate surface area is 78.7 Å². The fourth-order valence-electron chi connectivity index (χ4n) is 1.17. The number of benzene rings is 1. The number of hydrogen-bond donors (Lipinski definition) is 1. The molecule has 1 aromatic rings. The van der Waals surface area contributed by atoms with E-state index in [1.807, 2.05) is 0 Å². The summed E-state index contributed by atoms with van der Waals surface area (Å²) >= 11 is 0. The molecule has 5 heteroatoms. The molecule has 1 aliphatic heterocycles. The van der Waals surface area contributed by atoms with Crippen molar-refractivity contribution >= 4 is 5.90 Å². The third kappa shape index (κ3) is 1.58. The van der Waals surface area contributed by atoms with Gasteiger partial charge in [0.05, 0.1) is 5.56 Å². The molecule has 0 aliphatic carbocycles. The van der Waals surface area contributed by atoms with Crippen molar-refractivity contribution in [1.82, 2.24) is 0 Å². The summed E-state index contributed by atoms with van der Waals surface area (Å²) in [6.45, 7) is 0.0469. The van der Waals surface area contributed by atoms with Crippen molar-refractivity contribution in [3.05, 3.63) is 35.4 Å². The van der Waals surface area contributed by atoms with Crippen LogP contribution in [-0.4, -0.2) is 23.8 Å². The summed E-state index contributed by atoms with van der Waals surface area (Å²) < 4.78 is 30.7. The minimum atomic E-state index is -1.06. The van der Waals surface area contributed by atoms with Crippen LogP contribution >= 0.6 is 0 Å². The second-order valence-corrected chi connectivity index (χ2v) is 2.84. The number of hydrogen-bond acceptors (Lipinski definition) is 3. The molecule has 3 nitrogen and oxygen atoms in total. The zero-order chi connectivity index (χ0) is 10.1. The molecule has 2 rings (SSSR count). The molecule has 1 unspecified atom stereocenters. The van der Waals surface area contributed by atoms with Gasteiger partial charge in [0.2, 0.25) is 12.2 Å². The van der Waals surface area contributed by atoms with Crippen LogP contribution in [0.1, 0.15) is 5.56 Å². The first-order valence-corrected chi connectivity index (χ1v) is 4.01. The third-order valence-electron chi connectivity index (χ3n) is 1.80. The van der Waals surface area contributed by atoms with Gasteiger partial charge >= 0.3 is 0 Å². The highest BCUT2D eigenvalue weighted by molar-refractivity contribution is 5.95. The molecule has 0 spiro atoms. The van der Waals surface area contributed by atoms with Crippen LogP contribution in [0.3, 0.4) is 0 Å². The van der Waals surface area contributed by atoms with Crippen molar-refractivity contribution < 1.29 is 18.6 Å². The number of aliphatic hydroxyl groups is 1. The van der Waals surface area contributed by atoms with E-state index in [0.29, 0.717) is 0 Å². The first kappa shape index (κ1) is 9.08. The largest absolute Gasteiger partial charge is 0.446 e. The molecule has 1 N–H and O–H groups in total. The van der Waals surface area contributed by atoms with Crippen LogP contribution in [0.25, 0.3) is 0 Å². The van der Waals surface area contributed by atoms with E-state index in [2.05, 4.69) is 4.99 Å². The van der Waals surface area contributed by atoms with E-state index in [4.69, 9.17) is 9.84 Å². The van der Waals surface area contributed by atoms with Gasteiger partial charge in [-0.15, -0.1) is 0 Å². The van der Waals surface area contributed by atoms with Crippen LogP contribution in [-0.2, 0) is 4.74 Å². The van der Waals surface area contributed by atoms with Gasteiger partial charge in [-0.2, -0.15) is 0 Å². The summed E-state index contributed by atoms with van der Waals surface area (Å²) in [7, 11) is 0. The Morgan fingerprint density at radius 1 is 1.43 bits per heavy atom. The SMILES string of the molecule is OC1CN=C(c2cc(F)ccc2F)O1. The third-order valence-corrected chi connectivity index (χ3v) is 1.80. The fraction of sp³-hybridized carbons (Fsp3) is 0.222. The molecule has 0 fully saturated rings. The van der Waals surface area contributed by atoms with Gasteiger partial charge in [-0.1, -0.05) is 0 Å². The summed E-state index contributed by atoms with van der Waals surface area (Å²) in [6.07, 6.45) is -1.06. The average Bonchev–Trinajstić information content (AvgIpc) is 2.56. The molecule has 1 aliphatic rings. The first-order valence-electron chi connectivity index (χ1n) is 4.01. The molecule has 1 heterocycles. The van der Waals surface area contributed by atoms with E-state index < -0.39 is 17.9 Å². The predicted molar refractivity (Wildman–Crippen MR) is 44.9 cm³/mol. The topological polar surface area (TPSA) is 41.8 Å². The summed E-state index contributed by atoms with van der Waals surface area (Å²) in [4.78, 5) is 3.73. The summed E-state index contributed by atoms with van der Waals surface area (Å²) in [6, 6.07) is 2.97. The maximum absolute atomic E-state index is 13.1. The lowest BCUT2D eigenvalue weighted by molar-refractivity contribution is -0.00219. The molecule has 74 valence electrons. The molecule has 1 atom stereocenters. The zero-order valence-corrected chi connectivity index (χ0v) is 7.08. The van der Waals surface area contributed by atoms with Crippen molar-refractivity contribution in [3.63, 3.8) is 0 Å². The number of halogens is 2. The monoisotopic (exact) mass is 199 g/mol. The van der Waals surface area contributed by atoms with Crippen molar-refractivity contribution in [2.75, 3.05) is 6.54 Å². The quantitative estimate of drug-likeness (QED) is 0.734. The van der Waals surface area contributed by atoms with Crippen LogP contribution in [0, 0.1) is 11.6 Å². The summed E-state index contributed by atoms with van der Waals surface area (Å²) in [5.41, 5.74) is -0.0680. The normalized spacial score (nSPS) is 20.5. The number of rotatable bonds is 1. The fourth-order valence-corrected chi connectivity index (χ4v) is 1.17. The predicted octanol–water partition coefficient (Wildman–Crippen LogP) is 1.06. The van der Waals surface area contributed by atoms with Crippen LogP contribution < -0.4 is 0 Å². The molecule has 0 saturated heterocycles. The molecule has 0 amide bonds. The van der Waals surface area contributed by atoms with E-state index in [-0.39, 0.29) is 18.0 Å². The van der Waals surface area contributed by atoms with Crippen molar-refractivity contribution in [1.29, 1.82) is 0 Å². The van der Waals surface area contributed by atoms with Gasteiger partial charge in [-0.3, -0.25) is 0 Å². The molecule has 0 bridgehead atoms. The maximum Gasteiger partial charge on any atom is 0.221 e. The molecule has 0 radical (unpaired) electrons. The van der Waals surface area contributed by atoms with Gasteiger partial charge in [0.15, 0.2) is 0 Å². The van der Waals surface area contributed by atoms with Crippen LogP contribution in [0.4, 0.5) is 8.78 Å². The smallest absolute Gasteiger partial charge is 0.221 e. The molecular formula is C9H7F2NO2. The number of aliphatic hydroxyl groups excluding tert-OH is 1. The Morgan fingerprint density at radius 3 is 2.86 bits per heavy atom. The van der Waals surface area contributed by atoms with E-state index in [1.165, 1.54) is 0 Å². The Hall–Kier alpha value is -1.49. The van der Waals surface area contributed by atoms with E-state index >= 15 is 0 Å². The first-order chi connectivity index (χ1) is 6.66. The van der Waals surface area contributed by atoms with Gasteiger partial charge < -0.3 is 9.84 Å². The lowest BCUT2D eigenvalue weighted by Crippen LogP contribution is -2.13. The highest BCUT2D eigenvalue weighted by Crippen LogP contribution is 2.15. The van der Waals surface area contributed by atoms with E-state index in [1.54, 1.807) is 0 Å². The highest BCUT2D eigenvalue weighted by Gasteiger charge is 2.21. The second kappa shape index (κ2) is 3.34. The minimum Gasteiger partial charge on any atom is -0.446 e. The molecule has 0 aromatic heterocycles. The summed E-state index contributed by atoms with van der Waals surface area (Å²) in [5.74, 6) is -1.26. The Bertz CT molecular complexity index is 392. The molecule has 14 heavy (non-hydrogen) atoms. The van der Waals surface area contributed by atoms with Crippen LogP contribution in [0.5, 0.6) is 0 Å². The lowest BCUT2D eigenvalue weighted by atomic mass is 10.2. The van der Waals surface area contributed by atoms with E-state index in [9.17, 15) is 8.78 Å². The van der Waals surface area contributed by atoms with Crippen molar-refractivity contribution in [3.8, 4) is 0 Å². The number of ether oxygens (including phenoxy) is 1. The Balaban J connectivity index is 2.36. The van der Waals surface area contributed by atoms with Crippen LogP contribution in [0.2, 0.25) is 0 Å². The van der Waals surface area contributed by atoms with Gasteiger partial charge in [0, 0.05) is 0 Å². The maximum atomic E-state index is 13.1. The Kier molecular flexibility index (Phi) is 2.17. The van der Waals surface area contributed by atoms with E-state index in [0.717, 1.165) is 18.2 Å². The van der Waals surface area contributed by atoms with Gasteiger partial charge in [0.1, 0.15) is 18.2 Å². The lowest BCUT2D eigenvalue weighted by Gasteiger charge is -2.05. The van der Waals surface area contributed by atoms with Gasteiger partial charge in [-0.25, -0.2) is 13.8 Å². The molecular weight excluding hydrogens is 192 g/mol. The van der Waals surface area contributed by atoms with Gasteiger partial charge in [-0.05, 0) is 18.2 Å². The molecule has 0 saturated carbocycles. The Morgan fingerprint density at radius 2 is 2.21 bits per heavy atom. The standard InChI is InChI=1S/C9H7F2NO2/c10-5-1-2-7(11)6(3-5)9-12-4-8(13)14-9/h1-3,8,13H,4H2. The second-order valence-electron chi connectivity index (χ2n) is 2.84. The van der Waals surface area contributed by atoms with Crippen molar-refractivity contribution in [2.24, 2.45) is 4.99 Å². The zero-order valence-electron chi connectivity index (χ0n) is 7.08. The molecule has 1 aromatic carbocycles. The summed E-state index contributed by atoms with van der Waals surface area (Å²) in [5, 5.41) is 8.97. The highest BCUT2D eigenvalue weighted by atomic mass is 19.1. The minimum absolute atomic E-state index is 0.0469. The van der Waals surface area contributed by atoms with Gasteiger partial charge in [0.25, 0.3) is 0 Å². The number of nitrogens with zero attached hydrogens (tertiary/aromatic N) is 1.